The van der Waals surface area contributed by atoms with Crippen LogP contribution in [0.25, 0.3) is 0 Å². The second kappa shape index (κ2) is 13.7. The van der Waals surface area contributed by atoms with Gasteiger partial charge in [0.2, 0.25) is 11.8 Å². The number of rotatable bonds is 10. The van der Waals surface area contributed by atoms with Crippen LogP contribution in [0.2, 0.25) is 10.0 Å². The number of nitrogens with zero attached hydrogens (tertiary/aromatic N) is 2. The summed E-state index contributed by atoms with van der Waals surface area (Å²) in [5.74, 6) is -0.785. The predicted octanol–water partition coefficient (Wildman–Crippen LogP) is 6.36. The van der Waals surface area contributed by atoms with Gasteiger partial charge in [-0.15, -0.1) is 0 Å². The van der Waals surface area contributed by atoms with Crippen molar-refractivity contribution in [1.82, 2.24) is 10.2 Å². The quantitative estimate of drug-likeness (QED) is 0.287. The highest BCUT2D eigenvalue weighted by molar-refractivity contribution is 7.92. The maximum absolute atomic E-state index is 14.1. The average molecular weight is 617 g/mol. The highest BCUT2D eigenvalue weighted by Crippen LogP contribution is 2.28. The molecule has 7 nitrogen and oxygen atoms in total. The van der Waals surface area contributed by atoms with Gasteiger partial charge in [-0.2, -0.15) is 0 Å². The predicted molar refractivity (Wildman–Crippen MR) is 164 cm³/mol. The van der Waals surface area contributed by atoms with Crippen molar-refractivity contribution in [3.05, 3.63) is 94.0 Å². The number of anilines is 1. The monoisotopic (exact) mass is 615 g/mol. The van der Waals surface area contributed by atoms with E-state index in [1.54, 1.807) is 56.3 Å². The van der Waals surface area contributed by atoms with E-state index in [1.165, 1.54) is 29.2 Å². The number of halogens is 2. The van der Waals surface area contributed by atoms with Gasteiger partial charge in [0.1, 0.15) is 12.6 Å². The van der Waals surface area contributed by atoms with Crippen LogP contribution in [-0.2, 0) is 26.2 Å². The number of carbonyl (C=O) groups excluding carboxylic acids is 2. The molecule has 1 N–H and O–H groups in total. The fourth-order valence-electron chi connectivity index (χ4n) is 5.07. The second-order valence-corrected chi connectivity index (χ2v) is 13.2. The van der Waals surface area contributed by atoms with Crippen LogP contribution in [0.3, 0.4) is 0 Å². The van der Waals surface area contributed by atoms with Gasteiger partial charge in [-0.25, -0.2) is 8.42 Å². The summed E-state index contributed by atoms with van der Waals surface area (Å²) in [7, 11) is -4.16. The number of benzene rings is 3. The summed E-state index contributed by atoms with van der Waals surface area (Å²) in [5.41, 5.74) is 1.78. The summed E-state index contributed by atoms with van der Waals surface area (Å²) in [6.07, 6.45) is 5.07. The molecular formula is C31H35Cl2N3O4S. The zero-order valence-electron chi connectivity index (χ0n) is 23.2. The number of hydrogen-bond donors (Lipinski definition) is 1. The third-order valence-corrected chi connectivity index (χ3v) is 9.69. The van der Waals surface area contributed by atoms with Crippen molar-refractivity contribution < 1.29 is 18.0 Å². The summed E-state index contributed by atoms with van der Waals surface area (Å²) in [6.45, 7) is 3.04. The Bertz CT molecular complexity index is 1470. The number of hydrogen-bond acceptors (Lipinski definition) is 4. The number of nitrogens with one attached hydrogen (secondary N) is 1. The molecule has 1 atom stereocenters. The van der Waals surface area contributed by atoms with Crippen molar-refractivity contribution in [3.8, 4) is 0 Å². The van der Waals surface area contributed by atoms with Crippen molar-refractivity contribution in [2.75, 3.05) is 10.8 Å². The summed E-state index contributed by atoms with van der Waals surface area (Å²) in [5, 5.41) is 4.00. The molecule has 218 valence electrons. The van der Waals surface area contributed by atoms with Gasteiger partial charge in [0.15, 0.2) is 0 Å². The van der Waals surface area contributed by atoms with Crippen LogP contribution >= 0.6 is 23.2 Å². The molecule has 4 rings (SSSR count). The van der Waals surface area contributed by atoms with Crippen molar-refractivity contribution in [2.24, 2.45) is 0 Å². The van der Waals surface area contributed by atoms with E-state index in [2.05, 4.69) is 5.32 Å². The maximum atomic E-state index is 14.1. The minimum atomic E-state index is -4.16. The van der Waals surface area contributed by atoms with Crippen LogP contribution in [0.4, 0.5) is 5.69 Å². The first-order valence-corrected chi connectivity index (χ1v) is 15.9. The van der Waals surface area contributed by atoms with Gasteiger partial charge >= 0.3 is 0 Å². The van der Waals surface area contributed by atoms with Crippen LogP contribution in [0, 0.1) is 6.92 Å². The summed E-state index contributed by atoms with van der Waals surface area (Å²) >= 11 is 12.2. The molecule has 0 spiro atoms. The van der Waals surface area contributed by atoms with Gasteiger partial charge in [0.05, 0.1) is 10.6 Å². The molecular weight excluding hydrogens is 581 g/mol. The molecule has 0 bridgehead atoms. The first kappa shape index (κ1) is 30.9. The zero-order valence-corrected chi connectivity index (χ0v) is 25.6. The van der Waals surface area contributed by atoms with E-state index in [-0.39, 0.29) is 23.4 Å². The van der Waals surface area contributed by atoms with Crippen LogP contribution in [0.1, 0.15) is 50.2 Å². The third-order valence-electron chi connectivity index (χ3n) is 7.43. The third kappa shape index (κ3) is 7.82. The van der Waals surface area contributed by atoms with Gasteiger partial charge < -0.3 is 10.2 Å². The van der Waals surface area contributed by atoms with Crippen molar-refractivity contribution in [3.63, 3.8) is 0 Å². The Balaban J connectivity index is 1.68. The first-order valence-electron chi connectivity index (χ1n) is 13.7. The molecule has 10 heteroatoms. The van der Waals surface area contributed by atoms with Gasteiger partial charge in [0, 0.05) is 22.6 Å². The smallest absolute Gasteiger partial charge is 0.264 e. The molecule has 0 aromatic heterocycles. The van der Waals surface area contributed by atoms with E-state index < -0.39 is 28.5 Å². The van der Waals surface area contributed by atoms with Gasteiger partial charge in [-0.1, -0.05) is 72.8 Å². The van der Waals surface area contributed by atoms with E-state index in [1.807, 2.05) is 6.07 Å². The Kier molecular flexibility index (Phi) is 10.3. The first-order chi connectivity index (χ1) is 19.6. The van der Waals surface area contributed by atoms with Crippen LogP contribution in [0.15, 0.2) is 77.7 Å². The maximum Gasteiger partial charge on any atom is 0.264 e. The molecule has 3 aromatic rings. The van der Waals surface area contributed by atoms with E-state index >= 15 is 0 Å². The zero-order chi connectivity index (χ0) is 29.6. The standard InChI is InChI=1S/C31H35Cl2N3O4S/c1-22-9-6-7-14-29(22)36(41(39,40)28-17-15-25(32)16-18-28)21-30(37)35(20-24-10-8-11-26(33)19-24)23(2)31(38)34-27-12-4-3-5-13-27/h6-11,14-19,23,27H,3-5,12-13,20-21H2,1-2H3,(H,34,38). The number of sulfonamides is 1. The molecule has 3 aromatic carbocycles. The molecule has 1 aliphatic carbocycles. The Morgan fingerprint density at radius 1 is 0.927 bits per heavy atom. The number of para-hydroxylation sites is 1. The van der Waals surface area contributed by atoms with Gasteiger partial charge in [0.25, 0.3) is 10.0 Å². The molecule has 0 radical (unpaired) electrons. The molecule has 0 saturated heterocycles. The number of carbonyl (C=O) groups is 2. The Morgan fingerprint density at radius 2 is 1.61 bits per heavy atom. The highest BCUT2D eigenvalue weighted by Gasteiger charge is 2.33. The lowest BCUT2D eigenvalue weighted by Gasteiger charge is -2.33. The Morgan fingerprint density at radius 3 is 2.27 bits per heavy atom. The lowest BCUT2D eigenvalue weighted by molar-refractivity contribution is -0.139. The Labute approximate surface area is 252 Å². The van der Waals surface area contributed by atoms with Crippen LogP contribution < -0.4 is 9.62 Å². The molecule has 1 unspecified atom stereocenters. The van der Waals surface area contributed by atoms with E-state index in [9.17, 15) is 18.0 Å². The molecule has 1 aliphatic rings. The van der Waals surface area contributed by atoms with Gasteiger partial charge in [-0.3, -0.25) is 13.9 Å². The summed E-state index contributed by atoms with van der Waals surface area (Å²) < 4.78 is 29.0. The minimum Gasteiger partial charge on any atom is -0.352 e. The van der Waals surface area contributed by atoms with Crippen molar-refractivity contribution in [1.29, 1.82) is 0 Å². The van der Waals surface area contributed by atoms with Crippen LogP contribution in [0.5, 0.6) is 0 Å². The Hall–Kier alpha value is -3.07. The van der Waals surface area contributed by atoms with Gasteiger partial charge in [-0.05, 0) is 80.3 Å². The van der Waals surface area contributed by atoms with E-state index in [4.69, 9.17) is 23.2 Å². The average Bonchev–Trinajstić information content (AvgIpc) is 2.95. The lowest BCUT2D eigenvalue weighted by atomic mass is 9.95. The minimum absolute atomic E-state index is 0.00225. The fraction of sp³-hybridized carbons (Fsp3) is 0.355. The highest BCUT2D eigenvalue weighted by atomic mass is 35.5. The summed E-state index contributed by atoms with van der Waals surface area (Å²) in [6, 6.07) is 19.1. The fourth-order valence-corrected chi connectivity index (χ4v) is 6.89. The van der Waals surface area contributed by atoms with Crippen LogP contribution in [-0.4, -0.2) is 43.8 Å². The van der Waals surface area contributed by atoms with Crippen molar-refractivity contribution in [2.45, 2.75) is 69.5 Å². The largest absolute Gasteiger partial charge is 0.352 e. The normalized spacial score (nSPS) is 14.7. The molecule has 0 aliphatic heterocycles. The lowest BCUT2D eigenvalue weighted by Crippen LogP contribution is -2.53. The van der Waals surface area contributed by atoms with E-state index in [0.717, 1.165) is 42.0 Å². The number of amides is 2. The summed E-state index contributed by atoms with van der Waals surface area (Å²) in [4.78, 5) is 28.9. The molecule has 1 fully saturated rings. The number of aryl methyl sites for hydroxylation is 1. The molecule has 1 saturated carbocycles. The van der Waals surface area contributed by atoms with E-state index in [0.29, 0.717) is 21.3 Å². The second-order valence-electron chi connectivity index (χ2n) is 10.4. The van der Waals surface area contributed by atoms with Crippen molar-refractivity contribution >= 4 is 50.7 Å². The molecule has 0 heterocycles. The molecule has 2 amide bonds. The topological polar surface area (TPSA) is 86.8 Å². The SMILES string of the molecule is Cc1ccccc1N(CC(=O)N(Cc1cccc(Cl)c1)C(C)C(=O)NC1CCCCC1)S(=O)(=O)c1ccc(Cl)cc1. The molecule has 41 heavy (non-hydrogen) atoms.